The highest BCUT2D eigenvalue weighted by Crippen LogP contribution is 2.36. The van der Waals surface area contributed by atoms with Gasteiger partial charge in [-0.05, 0) is 18.6 Å². The zero-order chi connectivity index (χ0) is 9.26. The van der Waals surface area contributed by atoms with E-state index in [9.17, 15) is 0 Å². The van der Waals surface area contributed by atoms with Crippen LogP contribution in [0.15, 0.2) is 18.3 Å². The first-order valence-electron chi connectivity index (χ1n) is 4.68. The lowest BCUT2D eigenvalue weighted by Gasteiger charge is -2.13. The van der Waals surface area contributed by atoms with Gasteiger partial charge in [0.2, 0.25) is 0 Å². The van der Waals surface area contributed by atoms with Crippen molar-refractivity contribution < 1.29 is 4.74 Å². The summed E-state index contributed by atoms with van der Waals surface area (Å²) in [5.41, 5.74) is 6.72. The number of hydrogen-bond donors (Lipinski definition) is 1. The average Bonchev–Trinajstić information content (AvgIpc) is 2.55. The Morgan fingerprint density at radius 1 is 1.47 bits per heavy atom. The monoisotopic (exact) mass is 250 g/mol. The molecule has 86 valence electrons. The first kappa shape index (κ1) is 14.5. The maximum absolute atomic E-state index is 5.72. The number of halogens is 2. The van der Waals surface area contributed by atoms with Crippen LogP contribution in [-0.2, 0) is 0 Å². The summed E-state index contributed by atoms with van der Waals surface area (Å²) in [6, 6.07) is 3.85. The van der Waals surface area contributed by atoms with Gasteiger partial charge in [-0.15, -0.1) is 24.8 Å². The van der Waals surface area contributed by atoms with Crippen molar-refractivity contribution in [2.45, 2.75) is 25.4 Å². The molecular weight excluding hydrogens is 235 g/mol. The number of nitrogens with zero attached hydrogens (tertiary/aromatic N) is 1. The van der Waals surface area contributed by atoms with Crippen molar-refractivity contribution in [3.05, 3.63) is 24.0 Å². The zero-order valence-electron chi connectivity index (χ0n) is 8.55. The molecule has 0 saturated carbocycles. The van der Waals surface area contributed by atoms with Gasteiger partial charge in [-0.1, -0.05) is 6.92 Å². The minimum Gasteiger partial charge on any atom is -0.488 e. The number of rotatable bonds is 2. The van der Waals surface area contributed by atoms with E-state index in [-0.39, 0.29) is 36.8 Å². The second-order valence-corrected chi connectivity index (χ2v) is 3.29. The van der Waals surface area contributed by atoms with Gasteiger partial charge in [0.1, 0.15) is 11.9 Å². The molecule has 0 aromatic carbocycles. The molecule has 3 nitrogen and oxygen atoms in total. The SMILES string of the molecule is CC[C@@H]1Oc2cccnc2[C@H]1CN.Cl.Cl. The van der Waals surface area contributed by atoms with Crippen LogP contribution in [0.1, 0.15) is 25.0 Å². The fourth-order valence-corrected chi connectivity index (χ4v) is 1.83. The Hall–Kier alpha value is -0.510. The van der Waals surface area contributed by atoms with Crippen molar-refractivity contribution in [3.8, 4) is 5.75 Å². The molecule has 0 spiro atoms. The van der Waals surface area contributed by atoms with E-state index in [1.54, 1.807) is 6.20 Å². The van der Waals surface area contributed by atoms with Crippen LogP contribution in [0.2, 0.25) is 0 Å². The summed E-state index contributed by atoms with van der Waals surface area (Å²) < 4.78 is 5.72. The summed E-state index contributed by atoms with van der Waals surface area (Å²) in [6.07, 6.45) is 3.00. The summed E-state index contributed by atoms with van der Waals surface area (Å²) in [5.74, 6) is 1.19. The summed E-state index contributed by atoms with van der Waals surface area (Å²) in [7, 11) is 0. The lowest BCUT2D eigenvalue weighted by Crippen LogP contribution is -2.24. The van der Waals surface area contributed by atoms with Gasteiger partial charge in [-0.2, -0.15) is 0 Å². The quantitative estimate of drug-likeness (QED) is 0.875. The standard InChI is InChI=1S/C10H14N2O.2ClH/c1-2-8-7(6-11)10-9(13-8)4-3-5-12-10;;/h3-5,7-8H,2,6,11H2,1H3;2*1H/t7-,8-;;/m0../s1. The molecule has 0 aliphatic carbocycles. The third kappa shape index (κ3) is 2.54. The Labute approximate surface area is 102 Å². The lowest BCUT2D eigenvalue weighted by atomic mass is 9.99. The molecule has 0 bridgehead atoms. The van der Waals surface area contributed by atoms with Gasteiger partial charge < -0.3 is 10.5 Å². The number of nitrogens with two attached hydrogens (primary N) is 1. The molecule has 0 saturated heterocycles. The summed E-state index contributed by atoms with van der Waals surface area (Å²) in [5, 5.41) is 0. The van der Waals surface area contributed by atoms with E-state index < -0.39 is 0 Å². The van der Waals surface area contributed by atoms with Crippen molar-refractivity contribution in [1.82, 2.24) is 4.98 Å². The van der Waals surface area contributed by atoms with Gasteiger partial charge >= 0.3 is 0 Å². The second-order valence-electron chi connectivity index (χ2n) is 3.29. The number of ether oxygens (including phenoxy) is 1. The van der Waals surface area contributed by atoms with Crippen LogP contribution in [0.4, 0.5) is 0 Å². The molecule has 0 fully saturated rings. The number of aromatic nitrogens is 1. The van der Waals surface area contributed by atoms with Gasteiger partial charge in [0.15, 0.2) is 0 Å². The van der Waals surface area contributed by atoms with Crippen molar-refractivity contribution in [2.75, 3.05) is 6.54 Å². The van der Waals surface area contributed by atoms with Crippen LogP contribution in [0.3, 0.4) is 0 Å². The number of fused-ring (bicyclic) bond motifs is 1. The predicted molar refractivity (Wildman–Crippen MR) is 65.2 cm³/mol. The van der Waals surface area contributed by atoms with Gasteiger partial charge in [0.25, 0.3) is 0 Å². The first-order chi connectivity index (χ1) is 6.36. The maximum atomic E-state index is 5.72. The highest BCUT2D eigenvalue weighted by atomic mass is 35.5. The third-order valence-electron chi connectivity index (χ3n) is 2.53. The normalized spacial score (nSPS) is 22.0. The van der Waals surface area contributed by atoms with Crippen molar-refractivity contribution >= 4 is 24.8 Å². The molecule has 1 aliphatic heterocycles. The fraction of sp³-hybridized carbons (Fsp3) is 0.500. The van der Waals surface area contributed by atoms with Crippen LogP contribution in [-0.4, -0.2) is 17.6 Å². The molecule has 0 unspecified atom stereocenters. The Kier molecular flexibility index (Phi) is 5.95. The van der Waals surface area contributed by atoms with Crippen LogP contribution in [0.25, 0.3) is 0 Å². The van der Waals surface area contributed by atoms with Gasteiger partial charge in [0, 0.05) is 12.7 Å². The zero-order valence-corrected chi connectivity index (χ0v) is 10.2. The third-order valence-corrected chi connectivity index (χ3v) is 2.53. The van der Waals surface area contributed by atoms with E-state index in [1.807, 2.05) is 12.1 Å². The van der Waals surface area contributed by atoms with E-state index in [0.29, 0.717) is 6.54 Å². The molecule has 2 rings (SSSR count). The molecule has 5 heteroatoms. The van der Waals surface area contributed by atoms with Crippen LogP contribution in [0.5, 0.6) is 5.75 Å². The number of hydrogen-bond acceptors (Lipinski definition) is 3. The minimum atomic E-state index is 0. The smallest absolute Gasteiger partial charge is 0.141 e. The largest absolute Gasteiger partial charge is 0.488 e. The van der Waals surface area contributed by atoms with Crippen molar-refractivity contribution in [3.63, 3.8) is 0 Å². The molecule has 1 aromatic rings. The topological polar surface area (TPSA) is 48.1 Å². The van der Waals surface area contributed by atoms with Gasteiger partial charge in [0.05, 0.1) is 11.6 Å². The predicted octanol–water partition coefficient (Wildman–Crippen LogP) is 2.14. The molecule has 2 heterocycles. The molecule has 15 heavy (non-hydrogen) atoms. The molecule has 2 N–H and O–H groups in total. The van der Waals surface area contributed by atoms with Crippen LogP contribution in [0, 0.1) is 0 Å². The van der Waals surface area contributed by atoms with Crippen molar-refractivity contribution in [1.29, 1.82) is 0 Å². The average molecular weight is 251 g/mol. The summed E-state index contributed by atoms with van der Waals surface area (Å²) >= 11 is 0. The molecule has 1 aliphatic rings. The summed E-state index contributed by atoms with van der Waals surface area (Å²) in [6.45, 7) is 2.72. The molecule has 0 amide bonds. The first-order valence-corrected chi connectivity index (χ1v) is 4.68. The van der Waals surface area contributed by atoms with Crippen LogP contribution < -0.4 is 10.5 Å². The highest BCUT2D eigenvalue weighted by molar-refractivity contribution is 5.85. The van der Waals surface area contributed by atoms with E-state index in [1.165, 1.54) is 0 Å². The molecular formula is C10H16Cl2N2O. The summed E-state index contributed by atoms with van der Waals surface area (Å²) in [4.78, 5) is 4.30. The Morgan fingerprint density at radius 2 is 2.20 bits per heavy atom. The van der Waals surface area contributed by atoms with E-state index >= 15 is 0 Å². The molecule has 0 radical (unpaired) electrons. The highest BCUT2D eigenvalue weighted by Gasteiger charge is 2.32. The fourth-order valence-electron chi connectivity index (χ4n) is 1.83. The Balaban J connectivity index is 0.000000980. The Bertz CT molecular complexity index is 309. The Morgan fingerprint density at radius 3 is 2.80 bits per heavy atom. The maximum Gasteiger partial charge on any atom is 0.141 e. The second kappa shape index (κ2) is 6.16. The van der Waals surface area contributed by atoms with Gasteiger partial charge in [-0.25, -0.2) is 0 Å². The van der Waals surface area contributed by atoms with Crippen molar-refractivity contribution in [2.24, 2.45) is 5.73 Å². The van der Waals surface area contributed by atoms with E-state index in [0.717, 1.165) is 17.9 Å². The van der Waals surface area contributed by atoms with Gasteiger partial charge in [-0.3, -0.25) is 4.98 Å². The van der Waals surface area contributed by atoms with Crippen LogP contribution >= 0.6 is 24.8 Å². The minimum absolute atomic E-state index is 0. The van der Waals surface area contributed by atoms with E-state index in [2.05, 4.69) is 11.9 Å². The molecule has 2 atom stereocenters. The lowest BCUT2D eigenvalue weighted by molar-refractivity contribution is 0.202. The number of pyridine rings is 1. The van der Waals surface area contributed by atoms with E-state index in [4.69, 9.17) is 10.5 Å². The molecule has 1 aromatic heterocycles.